The molecular formula is C15H13F3N2O. The van der Waals surface area contributed by atoms with Gasteiger partial charge in [0.2, 0.25) is 0 Å². The molecule has 0 amide bonds. The predicted molar refractivity (Wildman–Crippen MR) is 70.6 cm³/mol. The van der Waals surface area contributed by atoms with Crippen molar-refractivity contribution in [2.24, 2.45) is 7.05 Å². The first-order valence-electron chi connectivity index (χ1n) is 6.58. The first-order valence-corrected chi connectivity index (χ1v) is 6.58. The summed E-state index contributed by atoms with van der Waals surface area (Å²) in [7, 11) is 1.49. The zero-order valence-electron chi connectivity index (χ0n) is 11.3. The Morgan fingerprint density at radius 3 is 2.52 bits per heavy atom. The highest BCUT2D eigenvalue weighted by Gasteiger charge is 2.35. The molecule has 0 N–H and O–H groups in total. The van der Waals surface area contributed by atoms with E-state index in [1.54, 1.807) is 12.1 Å². The summed E-state index contributed by atoms with van der Waals surface area (Å²) in [6, 6.07) is 8.34. The van der Waals surface area contributed by atoms with Crippen LogP contribution in [0, 0.1) is 0 Å². The second kappa shape index (κ2) is 4.72. The maximum absolute atomic E-state index is 12.7. The molecule has 0 saturated heterocycles. The fourth-order valence-corrected chi connectivity index (χ4v) is 2.55. The molecule has 1 fully saturated rings. The van der Waals surface area contributed by atoms with Crippen LogP contribution in [0.15, 0.2) is 30.3 Å². The Kier molecular flexibility index (Phi) is 3.11. The monoisotopic (exact) mass is 294 g/mol. The maximum atomic E-state index is 12.7. The third-order valence-electron chi connectivity index (χ3n) is 3.77. The second-order valence-corrected chi connectivity index (χ2v) is 5.31. The van der Waals surface area contributed by atoms with E-state index in [1.165, 1.54) is 11.7 Å². The molecule has 1 aliphatic carbocycles. The van der Waals surface area contributed by atoms with Crippen molar-refractivity contribution >= 4 is 5.78 Å². The third kappa shape index (κ3) is 2.57. The van der Waals surface area contributed by atoms with Crippen LogP contribution < -0.4 is 0 Å². The molecule has 0 aliphatic heterocycles. The summed E-state index contributed by atoms with van der Waals surface area (Å²) in [5.41, 5.74) is 1.18. The topological polar surface area (TPSA) is 34.9 Å². The van der Waals surface area contributed by atoms with Crippen LogP contribution in [0.1, 0.15) is 30.0 Å². The smallest absolute Gasteiger partial charge is 0.300 e. The van der Waals surface area contributed by atoms with Crippen molar-refractivity contribution in [3.63, 3.8) is 0 Å². The van der Waals surface area contributed by atoms with Crippen molar-refractivity contribution in [1.82, 2.24) is 9.78 Å². The number of hydrogen-bond donors (Lipinski definition) is 0. The van der Waals surface area contributed by atoms with Crippen molar-refractivity contribution in [2.75, 3.05) is 0 Å². The molecule has 1 saturated carbocycles. The van der Waals surface area contributed by atoms with Crippen LogP contribution in [0.5, 0.6) is 0 Å². The lowest BCUT2D eigenvalue weighted by Gasteiger charge is -2.24. The molecule has 1 aromatic carbocycles. The van der Waals surface area contributed by atoms with Crippen LogP contribution in [-0.4, -0.2) is 15.6 Å². The van der Waals surface area contributed by atoms with Gasteiger partial charge in [0.15, 0.2) is 5.69 Å². The van der Waals surface area contributed by atoms with Gasteiger partial charge in [-0.1, -0.05) is 18.2 Å². The number of halogens is 3. The number of aryl methyl sites for hydroxylation is 1. The first kappa shape index (κ1) is 13.9. The summed E-state index contributed by atoms with van der Waals surface area (Å²) in [4.78, 5) is 11.1. The highest BCUT2D eigenvalue weighted by Crippen LogP contribution is 2.36. The quantitative estimate of drug-likeness (QED) is 0.849. The number of rotatable bonds is 2. The molecule has 110 valence electrons. The lowest BCUT2D eigenvalue weighted by atomic mass is 9.78. The van der Waals surface area contributed by atoms with Gasteiger partial charge < -0.3 is 0 Å². The number of carbonyl (C=O) groups excluding carboxylic acids is 1. The Morgan fingerprint density at radius 2 is 1.95 bits per heavy atom. The summed E-state index contributed by atoms with van der Waals surface area (Å²) in [5.74, 6) is 0.415. The van der Waals surface area contributed by atoms with E-state index < -0.39 is 11.9 Å². The lowest BCUT2D eigenvalue weighted by Crippen LogP contribution is -2.21. The standard InChI is InChI=1S/C15H13F3N2O/c1-20-13(8-14(19-20)15(16,17)18)10-4-2-3-9(5-10)11-6-12(21)7-11/h2-5,8,11H,6-7H2,1H3. The molecule has 0 bridgehead atoms. The molecule has 1 aliphatic rings. The third-order valence-corrected chi connectivity index (χ3v) is 3.77. The molecule has 0 unspecified atom stereocenters. The number of carbonyl (C=O) groups is 1. The van der Waals surface area contributed by atoms with Crippen molar-refractivity contribution in [3.05, 3.63) is 41.6 Å². The van der Waals surface area contributed by atoms with E-state index in [0.29, 0.717) is 24.1 Å². The minimum absolute atomic E-state index is 0.188. The number of hydrogen-bond acceptors (Lipinski definition) is 2. The van der Waals surface area contributed by atoms with Gasteiger partial charge in [-0.05, 0) is 23.6 Å². The van der Waals surface area contributed by atoms with Gasteiger partial charge >= 0.3 is 6.18 Å². The highest BCUT2D eigenvalue weighted by molar-refractivity contribution is 5.86. The Bertz CT molecular complexity index is 695. The van der Waals surface area contributed by atoms with Crippen molar-refractivity contribution in [1.29, 1.82) is 0 Å². The molecular weight excluding hydrogens is 281 g/mol. The average Bonchev–Trinajstić information content (AvgIpc) is 2.77. The molecule has 21 heavy (non-hydrogen) atoms. The Balaban J connectivity index is 1.95. The fraction of sp³-hybridized carbons (Fsp3) is 0.333. The Morgan fingerprint density at radius 1 is 1.24 bits per heavy atom. The molecule has 3 rings (SSSR count). The van der Waals surface area contributed by atoms with Crippen LogP contribution in [-0.2, 0) is 18.0 Å². The number of Topliss-reactive ketones (excluding diaryl/α,β-unsaturated/α-hetero) is 1. The summed E-state index contributed by atoms with van der Waals surface area (Å²) in [5, 5.41) is 3.52. The van der Waals surface area contributed by atoms with Gasteiger partial charge in [-0.15, -0.1) is 0 Å². The number of aromatic nitrogens is 2. The van der Waals surface area contributed by atoms with Crippen LogP contribution in [0.25, 0.3) is 11.3 Å². The average molecular weight is 294 g/mol. The normalized spacial score (nSPS) is 16.1. The molecule has 0 atom stereocenters. The van der Waals surface area contributed by atoms with Gasteiger partial charge in [-0.3, -0.25) is 9.48 Å². The number of alkyl halides is 3. The SMILES string of the molecule is Cn1nc(C(F)(F)F)cc1-c1cccc(C2CC(=O)C2)c1. The van der Waals surface area contributed by atoms with Gasteiger partial charge in [0.1, 0.15) is 5.78 Å². The largest absolute Gasteiger partial charge is 0.435 e. The fourth-order valence-electron chi connectivity index (χ4n) is 2.55. The van der Waals surface area contributed by atoms with Crippen molar-refractivity contribution in [2.45, 2.75) is 24.9 Å². The van der Waals surface area contributed by atoms with Crippen LogP contribution in [0.4, 0.5) is 13.2 Å². The van der Waals surface area contributed by atoms with Gasteiger partial charge in [-0.25, -0.2) is 0 Å². The van der Waals surface area contributed by atoms with Crippen LogP contribution in [0.3, 0.4) is 0 Å². The molecule has 6 heteroatoms. The summed E-state index contributed by atoms with van der Waals surface area (Å²) >= 11 is 0. The van der Waals surface area contributed by atoms with Gasteiger partial charge in [0.25, 0.3) is 0 Å². The minimum atomic E-state index is -4.45. The van der Waals surface area contributed by atoms with Gasteiger partial charge in [0, 0.05) is 25.5 Å². The number of ketones is 1. The Labute approximate surface area is 119 Å². The number of nitrogens with zero attached hydrogens (tertiary/aromatic N) is 2. The molecule has 0 spiro atoms. The summed E-state index contributed by atoms with van der Waals surface area (Å²) in [6.07, 6.45) is -3.42. The zero-order valence-corrected chi connectivity index (χ0v) is 11.3. The predicted octanol–water partition coefficient (Wildman–Crippen LogP) is 3.55. The minimum Gasteiger partial charge on any atom is -0.300 e. The summed E-state index contributed by atoms with van der Waals surface area (Å²) < 4.78 is 39.3. The van der Waals surface area contributed by atoms with E-state index in [9.17, 15) is 18.0 Å². The van der Waals surface area contributed by atoms with Gasteiger partial charge in [-0.2, -0.15) is 18.3 Å². The van der Waals surface area contributed by atoms with Crippen molar-refractivity contribution < 1.29 is 18.0 Å². The second-order valence-electron chi connectivity index (χ2n) is 5.31. The molecule has 1 heterocycles. The Hall–Kier alpha value is -2.11. The van der Waals surface area contributed by atoms with E-state index >= 15 is 0 Å². The van der Waals surface area contributed by atoms with E-state index in [1.807, 2.05) is 12.1 Å². The molecule has 1 aromatic heterocycles. The first-order chi connectivity index (χ1) is 9.84. The zero-order chi connectivity index (χ0) is 15.2. The molecule has 2 aromatic rings. The highest BCUT2D eigenvalue weighted by atomic mass is 19.4. The van der Waals surface area contributed by atoms with E-state index in [4.69, 9.17) is 0 Å². The summed E-state index contributed by atoms with van der Waals surface area (Å²) in [6.45, 7) is 0. The van der Waals surface area contributed by atoms with E-state index in [0.717, 1.165) is 11.6 Å². The van der Waals surface area contributed by atoms with Gasteiger partial charge in [0.05, 0.1) is 5.69 Å². The van der Waals surface area contributed by atoms with Crippen LogP contribution >= 0.6 is 0 Å². The number of benzene rings is 1. The van der Waals surface area contributed by atoms with Crippen LogP contribution in [0.2, 0.25) is 0 Å². The molecule has 0 radical (unpaired) electrons. The van der Waals surface area contributed by atoms with Crippen molar-refractivity contribution in [3.8, 4) is 11.3 Å². The lowest BCUT2D eigenvalue weighted by molar-refractivity contribution is -0.141. The van der Waals surface area contributed by atoms with E-state index in [-0.39, 0.29) is 11.7 Å². The molecule has 3 nitrogen and oxygen atoms in total. The van der Waals surface area contributed by atoms with E-state index in [2.05, 4.69) is 5.10 Å². The maximum Gasteiger partial charge on any atom is 0.435 e.